The summed E-state index contributed by atoms with van der Waals surface area (Å²) < 4.78 is 0.926. The lowest BCUT2D eigenvalue weighted by Gasteiger charge is -2.06. The van der Waals surface area contributed by atoms with Crippen LogP contribution in [0.25, 0.3) is 0 Å². The molecule has 0 atom stereocenters. The van der Waals surface area contributed by atoms with Crippen LogP contribution in [-0.2, 0) is 13.1 Å². The van der Waals surface area contributed by atoms with Crippen molar-refractivity contribution in [3.05, 3.63) is 68.1 Å². The van der Waals surface area contributed by atoms with Crippen LogP contribution in [0.1, 0.15) is 11.1 Å². The van der Waals surface area contributed by atoms with Gasteiger partial charge in [-0.25, -0.2) is 0 Å². The molecular formula is C14H12BrCl2N. The Labute approximate surface area is 125 Å². The van der Waals surface area contributed by atoms with Crippen molar-refractivity contribution in [1.82, 2.24) is 5.32 Å². The third-order valence-electron chi connectivity index (χ3n) is 2.56. The summed E-state index contributed by atoms with van der Waals surface area (Å²) in [5.74, 6) is 0. The van der Waals surface area contributed by atoms with Crippen LogP contribution in [0, 0.1) is 0 Å². The molecule has 0 aliphatic rings. The second kappa shape index (κ2) is 6.58. The van der Waals surface area contributed by atoms with E-state index in [-0.39, 0.29) is 0 Å². The summed E-state index contributed by atoms with van der Waals surface area (Å²) in [5, 5.41) is 4.87. The fraction of sp³-hybridized carbons (Fsp3) is 0.143. The van der Waals surface area contributed by atoms with E-state index in [9.17, 15) is 0 Å². The molecule has 2 aromatic rings. The van der Waals surface area contributed by atoms with Crippen molar-refractivity contribution < 1.29 is 0 Å². The Morgan fingerprint density at radius 2 is 1.50 bits per heavy atom. The van der Waals surface area contributed by atoms with Gasteiger partial charge in [-0.15, -0.1) is 0 Å². The molecule has 0 amide bonds. The molecule has 94 valence electrons. The zero-order valence-corrected chi connectivity index (χ0v) is 12.7. The third kappa shape index (κ3) is 3.99. The summed E-state index contributed by atoms with van der Waals surface area (Å²) in [5.41, 5.74) is 2.41. The summed E-state index contributed by atoms with van der Waals surface area (Å²) in [6.45, 7) is 1.62. The summed E-state index contributed by atoms with van der Waals surface area (Å²) in [6, 6.07) is 13.8. The van der Waals surface area contributed by atoms with Crippen LogP contribution in [0.3, 0.4) is 0 Å². The van der Waals surface area contributed by atoms with Gasteiger partial charge in [0.1, 0.15) is 0 Å². The molecule has 4 heteroatoms. The van der Waals surface area contributed by atoms with Gasteiger partial charge in [-0.2, -0.15) is 0 Å². The van der Waals surface area contributed by atoms with Gasteiger partial charge >= 0.3 is 0 Å². The van der Waals surface area contributed by atoms with Crippen LogP contribution < -0.4 is 5.32 Å². The SMILES string of the molecule is Clc1ccc(CNCc2ccc(Cl)c(Br)c2)cc1. The molecule has 1 nitrogen and oxygen atoms in total. The van der Waals surface area contributed by atoms with Gasteiger partial charge < -0.3 is 5.32 Å². The van der Waals surface area contributed by atoms with Crippen LogP contribution in [0.2, 0.25) is 10.0 Å². The van der Waals surface area contributed by atoms with E-state index in [2.05, 4.69) is 21.2 Å². The maximum Gasteiger partial charge on any atom is 0.0548 e. The third-order valence-corrected chi connectivity index (χ3v) is 4.02. The van der Waals surface area contributed by atoms with Gasteiger partial charge in [0.15, 0.2) is 0 Å². The molecule has 0 fully saturated rings. The van der Waals surface area contributed by atoms with Crippen molar-refractivity contribution >= 4 is 39.1 Å². The minimum atomic E-state index is 0.733. The maximum atomic E-state index is 5.95. The second-order valence-corrected chi connectivity index (χ2v) is 5.68. The molecular weight excluding hydrogens is 333 g/mol. The molecule has 1 N–H and O–H groups in total. The zero-order valence-electron chi connectivity index (χ0n) is 9.59. The number of nitrogens with one attached hydrogen (secondary N) is 1. The topological polar surface area (TPSA) is 12.0 Å². The van der Waals surface area contributed by atoms with Gasteiger partial charge in [-0.1, -0.05) is 41.4 Å². The van der Waals surface area contributed by atoms with E-state index in [0.717, 1.165) is 27.6 Å². The normalized spacial score (nSPS) is 10.6. The van der Waals surface area contributed by atoms with Gasteiger partial charge in [0.05, 0.1) is 5.02 Å². The fourth-order valence-corrected chi connectivity index (χ4v) is 2.27. The smallest absolute Gasteiger partial charge is 0.0548 e. The first-order valence-corrected chi connectivity index (χ1v) is 7.09. The highest BCUT2D eigenvalue weighted by Gasteiger charge is 1.99. The van der Waals surface area contributed by atoms with E-state index in [1.54, 1.807) is 0 Å². The highest BCUT2D eigenvalue weighted by atomic mass is 79.9. The van der Waals surface area contributed by atoms with E-state index in [4.69, 9.17) is 23.2 Å². The lowest BCUT2D eigenvalue weighted by molar-refractivity contribution is 0.693. The Kier molecular flexibility index (Phi) is 5.07. The second-order valence-electron chi connectivity index (χ2n) is 3.98. The Hall–Kier alpha value is -0.540. The predicted octanol–water partition coefficient (Wildman–Crippen LogP) is 5.05. The summed E-state index contributed by atoms with van der Waals surface area (Å²) in [4.78, 5) is 0. The van der Waals surface area contributed by atoms with Crippen molar-refractivity contribution in [2.24, 2.45) is 0 Å². The van der Waals surface area contributed by atoms with E-state index in [1.165, 1.54) is 11.1 Å². The average molecular weight is 345 g/mol. The number of benzene rings is 2. The number of halogens is 3. The molecule has 0 bridgehead atoms. The molecule has 0 aliphatic carbocycles. The molecule has 0 spiro atoms. The van der Waals surface area contributed by atoms with Gasteiger partial charge in [0.25, 0.3) is 0 Å². The van der Waals surface area contributed by atoms with Crippen LogP contribution in [0.4, 0.5) is 0 Å². The molecule has 0 radical (unpaired) electrons. The molecule has 0 unspecified atom stereocenters. The zero-order chi connectivity index (χ0) is 13.0. The Balaban J connectivity index is 1.88. The molecule has 0 aliphatic heterocycles. The lowest BCUT2D eigenvalue weighted by Crippen LogP contribution is -2.12. The molecule has 0 aromatic heterocycles. The first-order chi connectivity index (χ1) is 8.65. The largest absolute Gasteiger partial charge is 0.309 e. The Morgan fingerprint density at radius 1 is 0.889 bits per heavy atom. The monoisotopic (exact) mass is 343 g/mol. The van der Waals surface area contributed by atoms with Crippen molar-refractivity contribution in [1.29, 1.82) is 0 Å². The molecule has 0 heterocycles. The van der Waals surface area contributed by atoms with Gasteiger partial charge in [-0.3, -0.25) is 0 Å². The average Bonchev–Trinajstić information content (AvgIpc) is 2.36. The van der Waals surface area contributed by atoms with Crippen LogP contribution in [-0.4, -0.2) is 0 Å². The first kappa shape index (κ1) is 13.9. The van der Waals surface area contributed by atoms with Crippen molar-refractivity contribution in [3.8, 4) is 0 Å². The molecule has 2 rings (SSSR count). The van der Waals surface area contributed by atoms with Gasteiger partial charge in [0.2, 0.25) is 0 Å². The van der Waals surface area contributed by atoms with E-state index < -0.39 is 0 Å². The van der Waals surface area contributed by atoms with Crippen molar-refractivity contribution in [2.45, 2.75) is 13.1 Å². The van der Waals surface area contributed by atoms with Crippen molar-refractivity contribution in [3.63, 3.8) is 0 Å². The van der Waals surface area contributed by atoms with E-state index in [1.807, 2.05) is 42.5 Å². The molecule has 2 aromatic carbocycles. The summed E-state index contributed by atoms with van der Waals surface area (Å²) >= 11 is 15.2. The number of rotatable bonds is 4. The number of hydrogen-bond donors (Lipinski definition) is 1. The Bertz CT molecular complexity index is 526. The standard InChI is InChI=1S/C14H12BrCl2N/c15-13-7-11(3-6-14(13)17)9-18-8-10-1-4-12(16)5-2-10/h1-7,18H,8-9H2. The van der Waals surface area contributed by atoms with Crippen LogP contribution in [0.15, 0.2) is 46.9 Å². The van der Waals surface area contributed by atoms with Crippen LogP contribution >= 0.6 is 39.1 Å². The van der Waals surface area contributed by atoms with Gasteiger partial charge in [-0.05, 0) is 51.3 Å². The highest BCUT2D eigenvalue weighted by molar-refractivity contribution is 9.10. The molecule has 0 saturated heterocycles. The quantitative estimate of drug-likeness (QED) is 0.818. The Morgan fingerprint density at radius 3 is 2.17 bits per heavy atom. The summed E-state index contributed by atoms with van der Waals surface area (Å²) in [7, 11) is 0. The predicted molar refractivity (Wildman–Crippen MR) is 81.1 cm³/mol. The van der Waals surface area contributed by atoms with Crippen LogP contribution in [0.5, 0.6) is 0 Å². The van der Waals surface area contributed by atoms with E-state index in [0.29, 0.717) is 0 Å². The van der Waals surface area contributed by atoms with Crippen molar-refractivity contribution in [2.75, 3.05) is 0 Å². The number of hydrogen-bond acceptors (Lipinski definition) is 1. The molecule has 18 heavy (non-hydrogen) atoms. The summed E-state index contributed by atoms with van der Waals surface area (Å²) in [6.07, 6.45) is 0. The lowest BCUT2D eigenvalue weighted by atomic mass is 10.2. The fourth-order valence-electron chi connectivity index (χ4n) is 1.60. The minimum absolute atomic E-state index is 0.733. The minimum Gasteiger partial charge on any atom is -0.309 e. The maximum absolute atomic E-state index is 5.95. The van der Waals surface area contributed by atoms with E-state index >= 15 is 0 Å². The van der Waals surface area contributed by atoms with Gasteiger partial charge in [0, 0.05) is 22.6 Å². The highest BCUT2D eigenvalue weighted by Crippen LogP contribution is 2.23. The molecule has 0 saturated carbocycles. The first-order valence-electron chi connectivity index (χ1n) is 5.54.